The summed E-state index contributed by atoms with van der Waals surface area (Å²) in [6.07, 6.45) is 0.819. The number of phenols is 1. The first-order valence-electron chi connectivity index (χ1n) is 8.71. The minimum absolute atomic E-state index is 0. The van der Waals surface area contributed by atoms with E-state index in [0.717, 1.165) is 18.4 Å². The molecular formula is C20H26ClN3O4. The van der Waals surface area contributed by atoms with Crippen molar-refractivity contribution in [2.24, 2.45) is 11.5 Å². The summed E-state index contributed by atoms with van der Waals surface area (Å²) in [6.45, 7) is 2.31. The Morgan fingerprint density at radius 1 is 1.07 bits per heavy atom. The lowest BCUT2D eigenvalue weighted by Crippen LogP contribution is -2.31. The maximum atomic E-state index is 11.3. The molecule has 0 heterocycles. The number of primary amides is 2. The van der Waals surface area contributed by atoms with Gasteiger partial charge >= 0.3 is 0 Å². The molecule has 0 spiro atoms. The Labute approximate surface area is 170 Å². The van der Waals surface area contributed by atoms with Crippen LogP contribution in [-0.2, 0) is 6.42 Å². The highest BCUT2D eigenvalue weighted by molar-refractivity contribution is 5.95. The van der Waals surface area contributed by atoms with E-state index in [9.17, 15) is 19.8 Å². The van der Waals surface area contributed by atoms with Crippen LogP contribution in [0.5, 0.6) is 5.75 Å². The standard InChI is InChI=1S/C20H25N3O4.ClH/c1-12(2-3-13-4-6-14(7-5-13)19(21)26)23-11-18(25)15-8-9-17(24)16(10-15)20(22)27;/h4-10,12,18,23-25H,2-3,11H2,1H3,(H2,21,26)(H2,22,27);1H. The van der Waals surface area contributed by atoms with E-state index in [2.05, 4.69) is 5.32 Å². The van der Waals surface area contributed by atoms with Gasteiger partial charge in [0.05, 0.1) is 11.7 Å². The van der Waals surface area contributed by atoms with Gasteiger partial charge in [0.1, 0.15) is 5.75 Å². The summed E-state index contributed by atoms with van der Waals surface area (Å²) in [6, 6.07) is 11.6. The van der Waals surface area contributed by atoms with E-state index < -0.39 is 17.9 Å². The first-order chi connectivity index (χ1) is 12.8. The monoisotopic (exact) mass is 407 g/mol. The number of carbonyl (C=O) groups is 2. The van der Waals surface area contributed by atoms with Crippen LogP contribution in [-0.4, -0.2) is 34.6 Å². The average molecular weight is 408 g/mol. The second-order valence-corrected chi connectivity index (χ2v) is 6.57. The summed E-state index contributed by atoms with van der Waals surface area (Å²) in [4.78, 5) is 22.4. The summed E-state index contributed by atoms with van der Waals surface area (Å²) in [5.41, 5.74) is 12.5. The van der Waals surface area contributed by atoms with Crippen LogP contribution in [0.15, 0.2) is 42.5 Å². The molecule has 0 aliphatic carbocycles. The molecule has 2 unspecified atom stereocenters. The van der Waals surface area contributed by atoms with Gasteiger partial charge in [-0.15, -0.1) is 12.4 Å². The van der Waals surface area contributed by atoms with Gasteiger partial charge in [-0.1, -0.05) is 18.2 Å². The lowest BCUT2D eigenvalue weighted by atomic mass is 10.0. The van der Waals surface area contributed by atoms with Crippen molar-refractivity contribution in [1.29, 1.82) is 0 Å². The highest BCUT2D eigenvalue weighted by atomic mass is 35.5. The zero-order valence-electron chi connectivity index (χ0n) is 15.6. The molecule has 0 bridgehead atoms. The van der Waals surface area contributed by atoms with Crippen LogP contribution in [0.4, 0.5) is 0 Å². The van der Waals surface area contributed by atoms with Gasteiger partial charge in [0.15, 0.2) is 0 Å². The quantitative estimate of drug-likeness (QED) is 0.430. The molecule has 0 saturated heterocycles. The number of carbonyl (C=O) groups excluding carboxylic acids is 2. The Morgan fingerprint density at radius 3 is 2.29 bits per heavy atom. The minimum Gasteiger partial charge on any atom is -0.507 e. The SMILES string of the molecule is CC(CCc1ccc(C(N)=O)cc1)NCC(O)c1ccc(O)c(C(N)=O)c1.Cl. The number of halogens is 1. The highest BCUT2D eigenvalue weighted by Crippen LogP contribution is 2.22. The number of amides is 2. The van der Waals surface area contributed by atoms with Crippen LogP contribution >= 0.6 is 12.4 Å². The Kier molecular flexibility index (Phi) is 8.91. The van der Waals surface area contributed by atoms with Crippen molar-refractivity contribution >= 4 is 24.2 Å². The fourth-order valence-electron chi connectivity index (χ4n) is 2.71. The number of aliphatic hydroxyl groups is 1. The maximum absolute atomic E-state index is 11.3. The van der Waals surface area contributed by atoms with E-state index in [1.54, 1.807) is 18.2 Å². The number of hydrogen-bond acceptors (Lipinski definition) is 5. The third-order valence-corrected chi connectivity index (χ3v) is 4.43. The van der Waals surface area contributed by atoms with Gasteiger partial charge in [-0.2, -0.15) is 0 Å². The lowest BCUT2D eigenvalue weighted by molar-refractivity contribution is 0.0990. The van der Waals surface area contributed by atoms with Crippen molar-refractivity contribution in [2.45, 2.75) is 31.9 Å². The van der Waals surface area contributed by atoms with Crippen LogP contribution in [0.1, 0.15) is 51.3 Å². The van der Waals surface area contributed by atoms with E-state index in [-0.39, 0.29) is 29.8 Å². The third-order valence-electron chi connectivity index (χ3n) is 4.43. The molecule has 2 amide bonds. The first-order valence-corrected chi connectivity index (χ1v) is 8.71. The second kappa shape index (κ2) is 10.7. The number of hydrogen-bond donors (Lipinski definition) is 5. The van der Waals surface area contributed by atoms with Crippen LogP contribution in [0.2, 0.25) is 0 Å². The molecule has 7 nitrogen and oxygen atoms in total. The summed E-state index contributed by atoms with van der Waals surface area (Å²) >= 11 is 0. The number of nitrogens with two attached hydrogens (primary N) is 2. The zero-order chi connectivity index (χ0) is 20.0. The summed E-state index contributed by atoms with van der Waals surface area (Å²) in [5.74, 6) is -1.40. The van der Waals surface area contributed by atoms with Crippen molar-refractivity contribution in [2.75, 3.05) is 6.54 Å². The van der Waals surface area contributed by atoms with Gasteiger partial charge in [-0.05, 0) is 55.2 Å². The Hall–Kier alpha value is -2.61. The third kappa shape index (κ3) is 6.53. The zero-order valence-corrected chi connectivity index (χ0v) is 16.4. The molecule has 7 N–H and O–H groups in total. The summed E-state index contributed by atoms with van der Waals surface area (Å²) in [5, 5.41) is 23.1. The molecule has 0 aliphatic heterocycles. The number of benzene rings is 2. The molecule has 0 aliphatic rings. The lowest BCUT2D eigenvalue weighted by Gasteiger charge is -2.18. The summed E-state index contributed by atoms with van der Waals surface area (Å²) < 4.78 is 0. The number of aryl methyl sites for hydroxylation is 1. The van der Waals surface area contributed by atoms with Crippen molar-refractivity contribution in [3.8, 4) is 5.75 Å². The van der Waals surface area contributed by atoms with Gasteiger partial charge in [-0.3, -0.25) is 9.59 Å². The molecular weight excluding hydrogens is 382 g/mol. The molecule has 28 heavy (non-hydrogen) atoms. The molecule has 2 atom stereocenters. The van der Waals surface area contributed by atoms with Crippen LogP contribution in [0.25, 0.3) is 0 Å². The fourth-order valence-corrected chi connectivity index (χ4v) is 2.71. The number of aromatic hydroxyl groups is 1. The molecule has 8 heteroatoms. The van der Waals surface area contributed by atoms with E-state index in [1.165, 1.54) is 12.1 Å². The number of aliphatic hydroxyl groups excluding tert-OH is 1. The average Bonchev–Trinajstić information content (AvgIpc) is 2.64. The molecule has 2 rings (SSSR count). The van der Waals surface area contributed by atoms with E-state index in [1.807, 2.05) is 19.1 Å². The Balaban J connectivity index is 0.00000392. The van der Waals surface area contributed by atoms with Crippen molar-refractivity contribution in [3.05, 3.63) is 64.7 Å². The molecule has 2 aromatic carbocycles. The second-order valence-electron chi connectivity index (χ2n) is 6.57. The van der Waals surface area contributed by atoms with Gasteiger partial charge < -0.3 is 27.0 Å². The van der Waals surface area contributed by atoms with Crippen LogP contribution < -0.4 is 16.8 Å². The van der Waals surface area contributed by atoms with Gasteiger partial charge in [-0.25, -0.2) is 0 Å². The van der Waals surface area contributed by atoms with Crippen molar-refractivity contribution < 1.29 is 19.8 Å². The van der Waals surface area contributed by atoms with Gasteiger partial charge in [0.25, 0.3) is 5.91 Å². The molecule has 2 aromatic rings. The van der Waals surface area contributed by atoms with Crippen molar-refractivity contribution in [1.82, 2.24) is 5.32 Å². The minimum atomic E-state index is -0.832. The predicted octanol–water partition coefficient (Wildman–Crippen LogP) is 1.66. The molecule has 0 radical (unpaired) electrons. The molecule has 0 saturated carbocycles. The van der Waals surface area contributed by atoms with E-state index in [0.29, 0.717) is 17.7 Å². The van der Waals surface area contributed by atoms with E-state index in [4.69, 9.17) is 11.5 Å². The molecule has 152 valence electrons. The topological polar surface area (TPSA) is 139 Å². The Bertz CT molecular complexity index is 812. The predicted molar refractivity (Wildman–Crippen MR) is 110 cm³/mol. The number of rotatable bonds is 9. The number of nitrogens with one attached hydrogen (secondary N) is 1. The van der Waals surface area contributed by atoms with E-state index >= 15 is 0 Å². The normalized spacial score (nSPS) is 12.6. The van der Waals surface area contributed by atoms with Crippen LogP contribution in [0, 0.1) is 0 Å². The maximum Gasteiger partial charge on any atom is 0.252 e. The molecule has 0 fully saturated rings. The van der Waals surface area contributed by atoms with Gasteiger partial charge in [0.2, 0.25) is 5.91 Å². The largest absolute Gasteiger partial charge is 0.507 e. The van der Waals surface area contributed by atoms with Crippen LogP contribution in [0.3, 0.4) is 0 Å². The van der Waals surface area contributed by atoms with Gasteiger partial charge in [0, 0.05) is 18.2 Å². The highest BCUT2D eigenvalue weighted by Gasteiger charge is 2.14. The Morgan fingerprint density at radius 2 is 1.71 bits per heavy atom. The smallest absolute Gasteiger partial charge is 0.252 e. The molecule has 0 aromatic heterocycles. The first kappa shape index (κ1) is 23.4. The fraction of sp³-hybridized carbons (Fsp3) is 0.300. The summed E-state index contributed by atoms with van der Waals surface area (Å²) in [7, 11) is 0. The van der Waals surface area contributed by atoms with Crippen molar-refractivity contribution in [3.63, 3.8) is 0 Å².